The topological polar surface area (TPSA) is 172 Å². The third-order valence-corrected chi connectivity index (χ3v) is 15.3. The van der Waals surface area contributed by atoms with Crippen LogP contribution in [0.1, 0.15) is 96.5 Å². The molecule has 17 heteroatoms. The van der Waals surface area contributed by atoms with Gasteiger partial charge in [-0.1, -0.05) is 25.8 Å². The minimum absolute atomic E-state index is 0.0712. The molecule has 1 aromatic carbocycles. The molecule has 7 heterocycles. The number of likely N-dealkylation sites (N-methyl/N-ethyl adjacent to an activating group) is 1. The lowest BCUT2D eigenvalue weighted by Crippen LogP contribution is -2.61. The highest BCUT2D eigenvalue weighted by Gasteiger charge is 2.39. The van der Waals surface area contributed by atoms with Crippen LogP contribution in [0.15, 0.2) is 41.9 Å². The van der Waals surface area contributed by atoms with E-state index in [1.807, 2.05) is 32.2 Å². The largest absolute Gasteiger partial charge is 0.464 e. The van der Waals surface area contributed by atoms with Crippen LogP contribution in [0.4, 0.5) is 0 Å². The van der Waals surface area contributed by atoms with Gasteiger partial charge in [-0.25, -0.2) is 10.4 Å². The molecule has 3 fully saturated rings. The number of hydrogen-bond donors (Lipinski definition) is 2. The Balaban J connectivity index is 1.07. The second-order valence-corrected chi connectivity index (χ2v) is 21.2. The number of thiazole rings is 1. The standard InChI is InChI=1S/C52H67N9O7S/c1-10-60-42-17-16-34-26-37(42)38(46(60)36-14-11-21-53-45(36)33(3)67-9)28-51(4,5)31-68-50(66)39-15-12-24-61(56-39)49(65)40(27-43-54-41(34)30-69-43)55-47(63)32(2)57(8)48(64)35-19-25-58(29-35)44(62)18-20-52(6,7)59-22-13-23-59/h11,14,16-17,21,26,30,32-33,35,39-40,56H,10,12-13,15,19,22-25,27-29,31H2,1-9H3,(H,55,63)/t32-,33-,35?,39-,40-/m0/s1. The number of aromatic nitrogens is 3. The van der Waals surface area contributed by atoms with Crippen molar-refractivity contribution < 1.29 is 33.4 Å². The van der Waals surface area contributed by atoms with Crippen LogP contribution in [0.2, 0.25) is 0 Å². The molecule has 16 nitrogen and oxygen atoms in total. The monoisotopic (exact) mass is 961 g/mol. The average molecular weight is 962 g/mol. The van der Waals surface area contributed by atoms with Crippen LogP contribution in [-0.4, -0.2) is 141 Å². The summed E-state index contributed by atoms with van der Waals surface area (Å²) in [5.41, 5.74) is 8.83. The number of rotatable bonds is 9. The average Bonchev–Trinajstić information content (AvgIpc) is 4.08. The van der Waals surface area contributed by atoms with Crippen LogP contribution in [0.25, 0.3) is 33.4 Å². The van der Waals surface area contributed by atoms with E-state index < -0.39 is 52.8 Å². The van der Waals surface area contributed by atoms with Crippen LogP contribution in [0, 0.1) is 23.2 Å². The van der Waals surface area contributed by atoms with Gasteiger partial charge in [0.2, 0.25) is 11.8 Å². The number of nitrogens with one attached hydrogen (secondary N) is 2. The summed E-state index contributed by atoms with van der Waals surface area (Å²) in [5, 5.41) is 8.02. The first-order valence-electron chi connectivity index (χ1n) is 24.4. The number of benzene rings is 1. The molecule has 4 aromatic rings. The van der Waals surface area contributed by atoms with Crippen LogP contribution >= 0.6 is 11.3 Å². The number of carbonyl (C=O) groups excluding carboxylic acids is 5. The van der Waals surface area contributed by atoms with E-state index in [1.165, 1.54) is 21.2 Å². The maximum Gasteiger partial charge on any atom is 0.324 e. The maximum atomic E-state index is 14.6. The van der Waals surface area contributed by atoms with Gasteiger partial charge in [0.05, 0.1) is 46.3 Å². The van der Waals surface area contributed by atoms with Gasteiger partial charge in [0.25, 0.3) is 11.8 Å². The first-order chi connectivity index (χ1) is 32.9. The lowest BCUT2D eigenvalue weighted by atomic mass is 9.84. The number of carbonyl (C=O) groups is 5. The van der Waals surface area contributed by atoms with Gasteiger partial charge in [-0.2, -0.15) is 0 Å². The summed E-state index contributed by atoms with van der Waals surface area (Å²) in [4.78, 5) is 84.7. The molecule has 1 unspecified atom stereocenters. The molecule has 2 N–H and O–H groups in total. The fraction of sp³-hybridized carbons (Fsp3) is 0.558. The van der Waals surface area contributed by atoms with Crippen molar-refractivity contribution in [3.63, 3.8) is 0 Å². The van der Waals surface area contributed by atoms with Crippen molar-refractivity contribution in [3.8, 4) is 34.4 Å². The molecule has 69 heavy (non-hydrogen) atoms. The highest BCUT2D eigenvalue weighted by Crippen LogP contribution is 2.42. The summed E-state index contributed by atoms with van der Waals surface area (Å²) in [7, 11) is 3.26. The molecule has 368 valence electrons. The highest BCUT2D eigenvalue weighted by atomic mass is 32.1. The summed E-state index contributed by atoms with van der Waals surface area (Å²) in [6.07, 6.45) is 4.75. The Morgan fingerprint density at radius 1 is 1.10 bits per heavy atom. The van der Waals surface area contributed by atoms with Gasteiger partial charge in [0, 0.05) is 98.9 Å². The van der Waals surface area contributed by atoms with Crippen molar-refractivity contribution in [2.75, 3.05) is 53.5 Å². The fourth-order valence-corrected chi connectivity index (χ4v) is 10.7. The van der Waals surface area contributed by atoms with Crippen LogP contribution in [-0.2, 0) is 52.8 Å². The number of fused-ring (bicyclic) bond motifs is 6. The lowest BCUT2D eigenvalue weighted by Gasteiger charge is -2.41. The van der Waals surface area contributed by atoms with Crippen molar-refractivity contribution in [2.24, 2.45) is 11.3 Å². The Labute approximate surface area is 409 Å². The first-order valence-corrected chi connectivity index (χ1v) is 25.2. The zero-order valence-corrected chi connectivity index (χ0v) is 42.3. The van der Waals surface area contributed by atoms with Gasteiger partial charge >= 0.3 is 5.97 Å². The zero-order chi connectivity index (χ0) is 49.4. The molecule has 3 saturated heterocycles. The van der Waals surface area contributed by atoms with E-state index in [-0.39, 0.29) is 37.5 Å². The maximum absolute atomic E-state index is 14.6. The number of esters is 1. The van der Waals surface area contributed by atoms with E-state index >= 15 is 0 Å². The highest BCUT2D eigenvalue weighted by molar-refractivity contribution is 7.10. The van der Waals surface area contributed by atoms with Crippen molar-refractivity contribution in [1.29, 1.82) is 0 Å². The van der Waals surface area contributed by atoms with E-state index in [1.54, 1.807) is 32.2 Å². The van der Waals surface area contributed by atoms with Crippen molar-refractivity contribution in [2.45, 2.75) is 123 Å². The molecule has 8 rings (SSSR count). The number of aryl methyl sites for hydroxylation is 1. The Bertz CT molecular complexity index is 2680. The summed E-state index contributed by atoms with van der Waals surface area (Å²) in [5.74, 6) is 3.45. The molecule has 4 amide bonds. The van der Waals surface area contributed by atoms with Gasteiger partial charge in [0.1, 0.15) is 18.1 Å². The Kier molecular flexibility index (Phi) is 14.7. The van der Waals surface area contributed by atoms with E-state index in [9.17, 15) is 24.0 Å². The number of cyclic esters (lactones) is 1. The minimum Gasteiger partial charge on any atom is -0.464 e. The number of nitrogens with zero attached hydrogens (tertiary/aromatic N) is 7. The number of likely N-dealkylation sites (tertiary alicyclic amines) is 2. The van der Waals surface area contributed by atoms with Crippen molar-refractivity contribution in [1.82, 2.24) is 45.0 Å². The molecule has 0 aliphatic carbocycles. The predicted molar refractivity (Wildman–Crippen MR) is 264 cm³/mol. The molecule has 0 radical (unpaired) electrons. The van der Waals surface area contributed by atoms with E-state index in [2.05, 4.69) is 77.1 Å². The molecular formula is C52H67N9O7S. The summed E-state index contributed by atoms with van der Waals surface area (Å²) in [6, 6.07) is 7.57. The second kappa shape index (κ2) is 20.4. The van der Waals surface area contributed by atoms with Gasteiger partial charge < -0.3 is 29.2 Å². The smallest absolute Gasteiger partial charge is 0.324 e. The SMILES string of the molecule is CCn1c(-c2cccnc2[C@H](C)OC)c2c3cc(ccc31)-c1csc(n1)C[C@H](NC(=O)[C@H](C)N(C)C(=O)C1CCN(C(=O)C#CC(C)(C)N3CCC3)C1)C(=O)N1CCC[C@H](N1)C(=O)OCC(C)(C)C2. The fourth-order valence-electron chi connectivity index (χ4n) is 9.90. The molecule has 5 atom stereocenters. The van der Waals surface area contributed by atoms with Crippen LogP contribution < -0.4 is 10.7 Å². The molecule has 0 spiro atoms. The Morgan fingerprint density at radius 2 is 1.88 bits per heavy atom. The van der Waals surface area contributed by atoms with E-state index in [0.29, 0.717) is 50.3 Å². The van der Waals surface area contributed by atoms with Gasteiger partial charge in [-0.05, 0) is 102 Å². The number of amides is 4. The third-order valence-electron chi connectivity index (χ3n) is 14.4. The zero-order valence-electron chi connectivity index (χ0n) is 41.5. The Morgan fingerprint density at radius 3 is 2.61 bits per heavy atom. The van der Waals surface area contributed by atoms with Crippen LogP contribution in [0.3, 0.4) is 0 Å². The van der Waals surface area contributed by atoms with Gasteiger partial charge in [0.15, 0.2) is 0 Å². The minimum atomic E-state index is -1.08. The van der Waals surface area contributed by atoms with Crippen LogP contribution in [0.5, 0.6) is 0 Å². The lowest BCUT2D eigenvalue weighted by molar-refractivity contribution is -0.155. The van der Waals surface area contributed by atoms with Crippen molar-refractivity contribution in [3.05, 3.63) is 58.2 Å². The molecule has 4 aliphatic heterocycles. The number of methoxy groups -OCH3 is 1. The number of ether oxygens (including phenoxy) is 2. The molecular weight excluding hydrogens is 895 g/mol. The second-order valence-electron chi connectivity index (χ2n) is 20.3. The predicted octanol–water partition coefficient (Wildman–Crippen LogP) is 5.39. The Hall–Kier alpha value is -5.67. The molecule has 6 bridgehead atoms. The summed E-state index contributed by atoms with van der Waals surface area (Å²) in [6.45, 7) is 17.6. The quantitative estimate of drug-likeness (QED) is 0.163. The summed E-state index contributed by atoms with van der Waals surface area (Å²) < 4.78 is 14.2. The molecule has 0 saturated carbocycles. The number of hydrogen-bond acceptors (Lipinski definition) is 12. The number of hydrazine groups is 1. The first kappa shape index (κ1) is 49.7. The van der Waals surface area contributed by atoms with Crippen molar-refractivity contribution >= 4 is 51.8 Å². The third kappa shape index (κ3) is 10.5. The van der Waals surface area contributed by atoms with E-state index in [0.717, 1.165) is 64.2 Å². The normalized spacial score (nSPS) is 21.9. The summed E-state index contributed by atoms with van der Waals surface area (Å²) >= 11 is 1.40. The number of pyridine rings is 1. The molecule has 4 aliphatic rings. The van der Waals surface area contributed by atoms with E-state index in [4.69, 9.17) is 19.4 Å². The van der Waals surface area contributed by atoms with Gasteiger partial charge in [-0.3, -0.25) is 38.9 Å². The molecule has 3 aromatic heterocycles. The van der Waals surface area contributed by atoms with Gasteiger partial charge in [-0.15, -0.1) is 11.3 Å².